The van der Waals surface area contributed by atoms with Gasteiger partial charge in [0.15, 0.2) is 11.4 Å². The quantitative estimate of drug-likeness (QED) is 0.661. The van der Waals surface area contributed by atoms with E-state index in [1.165, 1.54) is 11.1 Å². The molecule has 94 valence electrons. The second-order valence-corrected chi connectivity index (χ2v) is 4.88. The van der Waals surface area contributed by atoms with Gasteiger partial charge in [-0.1, -0.05) is 30.3 Å². The van der Waals surface area contributed by atoms with Gasteiger partial charge in [0.25, 0.3) is 0 Å². The minimum absolute atomic E-state index is 0.136. The van der Waals surface area contributed by atoms with E-state index in [0.29, 0.717) is 0 Å². The van der Waals surface area contributed by atoms with Crippen LogP contribution in [0.4, 0.5) is 0 Å². The Hall–Kier alpha value is -2.29. The lowest BCUT2D eigenvalue weighted by molar-refractivity contribution is 0.178. The van der Waals surface area contributed by atoms with Gasteiger partial charge >= 0.3 is 0 Å². The summed E-state index contributed by atoms with van der Waals surface area (Å²) in [6.45, 7) is 0. The van der Waals surface area contributed by atoms with Crippen LogP contribution in [0.5, 0.6) is 5.75 Å². The smallest absolute Gasteiger partial charge is 0.179 e. The van der Waals surface area contributed by atoms with Crippen molar-refractivity contribution >= 4 is 5.65 Å². The molecule has 1 aliphatic rings. The lowest BCUT2D eigenvalue weighted by Gasteiger charge is -2.26. The Balaban J connectivity index is 1.78. The molecule has 19 heavy (non-hydrogen) atoms. The Bertz CT molecular complexity index is 718. The molecule has 1 unspecified atom stereocenters. The molecule has 0 amide bonds. The third kappa shape index (κ3) is 1.70. The first-order valence-corrected chi connectivity index (χ1v) is 6.58. The van der Waals surface area contributed by atoms with Gasteiger partial charge in [0.05, 0.1) is 0 Å². The maximum Gasteiger partial charge on any atom is 0.179 e. The Morgan fingerprint density at radius 3 is 2.89 bits per heavy atom. The number of hydrogen-bond acceptors (Lipinski definition) is 2. The van der Waals surface area contributed by atoms with Crippen molar-refractivity contribution in [1.82, 2.24) is 9.38 Å². The Morgan fingerprint density at radius 1 is 1.11 bits per heavy atom. The highest BCUT2D eigenvalue weighted by molar-refractivity contribution is 5.59. The number of benzene rings is 1. The second-order valence-electron chi connectivity index (χ2n) is 4.88. The molecular weight excluding hydrogens is 236 g/mol. The van der Waals surface area contributed by atoms with E-state index in [2.05, 4.69) is 35.3 Å². The van der Waals surface area contributed by atoms with Crippen LogP contribution in [0.2, 0.25) is 0 Å². The van der Waals surface area contributed by atoms with Crippen molar-refractivity contribution in [3.8, 4) is 5.75 Å². The van der Waals surface area contributed by atoms with Crippen LogP contribution in [-0.2, 0) is 6.42 Å². The molecule has 0 fully saturated rings. The van der Waals surface area contributed by atoms with E-state index >= 15 is 0 Å². The number of aryl methyl sites for hydroxylation is 1. The van der Waals surface area contributed by atoms with Crippen molar-refractivity contribution in [3.05, 3.63) is 66.1 Å². The minimum Gasteiger partial charge on any atom is -0.482 e. The van der Waals surface area contributed by atoms with E-state index in [4.69, 9.17) is 4.74 Å². The number of nitrogens with zero attached hydrogens (tertiary/aromatic N) is 2. The van der Waals surface area contributed by atoms with Gasteiger partial charge in [-0.05, 0) is 30.0 Å². The first kappa shape index (κ1) is 10.6. The van der Waals surface area contributed by atoms with Crippen molar-refractivity contribution in [2.75, 3.05) is 0 Å². The van der Waals surface area contributed by atoms with E-state index in [9.17, 15) is 0 Å². The maximum absolute atomic E-state index is 6.21. The van der Waals surface area contributed by atoms with Crippen LogP contribution in [0.15, 0.2) is 55.0 Å². The highest BCUT2D eigenvalue weighted by Crippen LogP contribution is 2.36. The van der Waals surface area contributed by atoms with Crippen LogP contribution in [-0.4, -0.2) is 9.38 Å². The number of fused-ring (bicyclic) bond motifs is 3. The Morgan fingerprint density at radius 2 is 2.00 bits per heavy atom. The number of imidazole rings is 1. The average Bonchev–Trinajstić information content (AvgIpc) is 2.96. The van der Waals surface area contributed by atoms with Crippen molar-refractivity contribution in [1.29, 1.82) is 0 Å². The van der Waals surface area contributed by atoms with Gasteiger partial charge in [0, 0.05) is 18.6 Å². The summed E-state index contributed by atoms with van der Waals surface area (Å²) in [6.07, 6.45) is 8.01. The summed E-state index contributed by atoms with van der Waals surface area (Å²) in [6, 6.07) is 12.5. The predicted molar refractivity (Wildman–Crippen MR) is 73.3 cm³/mol. The van der Waals surface area contributed by atoms with Gasteiger partial charge in [-0.15, -0.1) is 0 Å². The largest absolute Gasteiger partial charge is 0.482 e. The highest BCUT2D eigenvalue weighted by atomic mass is 16.5. The molecule has 1 aliphatic heterocycles. The lowest BCUT2D eigenvalue weighted by atomic mass is 9.98. The van der Waals surface area contributed by atoms with Gasteiger partial charge in [0.1, 0.15) is 6.10 Å². The second kappa shape index (κ2) is 4.12. The molecule has 0 spiro atoms. The molecule has 3 nitrogen and oxygen atoms in total. The van der Waals surface area contributed by atoms with E-state index in [0.717, 1.165) is 24.2 Å². The molecular formula is C16H14N2O. The molecule has 1 aromatic carbocycles. The summed E-state index contributed by atoms with van der Waals surface area (Å²) in [5.74, 6) is 0.938. The molecule has 0 bridgehead atoms. The molecule has 2 aromatic heterocycles. The SMILES string of the molecule is c1ccc(C2CCc3ccn4ccnc4c3O2)cc1. The third-order valence-electron chi connectivity index (χ3n) is 3.71. The monoisotopic (exact) mass is 250 g/mol. The summed E-state index contributed by atoms with van der Waals surface area (Å²) in [7, 11) is 0. The van der Waals surface area contributed by atoms with Crippen LogP contribution < -0.4 is 4.74 Å². The number of ether oxygens (including phenoxy) is 1. The van der Waals surface area contributed by atoms with Crippen LogP contribution in [0.25, 0.3) is 5.65 Å². The molecule has 3 heteroatoms. The fourth-order valence-electron chi connectivity index (χ4n) is 2.71. The molecule has 3 aromatic rings. The maximum atomic E-state index is 6.21. The number of hydrogen-bond donors (Lipinski definition) is 0. The summed E-state index contributed by atoms with van der Waals surface area (Å²) in [4.78, 5) is 4.40. The Labute approximate surface area is 111 Å². The van der Waals surface area contributed by atoms with Crippen LogP contribution >= 0.6 is 0 Å². The van der Waals surface area contributed by atoms with Crippen molar-refractivity contribution in [2.45, 2.75) is 18.9 Å². The molecule has 0 saturated carbocycles. The fourth-order valence-corrected chi connectivity index (χ4v) is 2.71. The minimum atomic E-state index is 0.136. The molecule has 0 aliphatic carbocycles. The summed E-state index contributed by atoms with van der Waals surface area (Å²) >= 11 is 0. The van der Waals surface area contributed by atoms with Gasteiger partial charge in [0.2, 0.25) is 0 Å². The summed E-state index contributed by atoms with van der Waals surface area (Å²) in [5, 5.41) is 0. The number of rotatable bonds is 1. The zero-order chi connectivity index (χ0) is 12.7. The zero-order valence-electron chi connectivity index (χ0n) is 10.5. The average molecular weight is 250 g/mol. The van der Waals surface area contributed by atoms with Crippen molar-refractivity contribution in [2.24, 2.45) is 0 Å². The van der Waals surface area contributed by atoms with E-state index in [1.54, 1.807) is 0 Å². The van der Waals surface area contributed by atoms with Crippen LogP contribution in [0.1, 0.15) is 23.7 Å². The summed E-state index contributed by atoms with van der Waals surface area (Å²) < 4.78 is 8.21. The van der Waals surface area contributed by atoms with Crippen LogP contribution in [0, 0.1) is 0 Å². The standard InChI is InChI=1S/C16H14N2O/c1-2-4-12(5-3-1)14-7-6-13-8-10-18-11-9-17-16(18)15(13)19-14/h1-5,8-11,14H,6-7H2. The number of aromatic nitrogens is 2. The molecule has 1 atom stereocenters. The molecule has 0 saturated heterocycles. The van der Waals surface area contributed by atoms with Gasteiger partial charge < -0.3 is 9.14 Å². The van der Waals surface area contributed by atoms with Crippen molar-refractivity contribution in [3.63, 3.8) is 0 Å². The Kier molecular flexibility index (Phi) is 2.30. The summed E-state index contributed by atoms with van der Waals surface area (Å²) in [5.41, 5.74) is 3.41. The van der Waals surface area contributed by atoms with Crippen LogP contribution in [0.3, 0.4) is 0 Å². The molecule has 0 N–H and O–H groups in total. The fraction of sp³-hybridized carbons (Fsp3) is 0.188. The van der Waals surface area contributed by atoms with Crippen molar-refractivity contribution < 1.29 is 4.74 Å². The van der Waals surface area contributed by atoms with Gasteiger partial charge in [-0.2, -0.15) is 0 Å². The van der Waals surface area contributed by atoms with E-state index in [-0.39, 0.29) is 6.10 Å². The molecule has 4 rings (SSSR count). The predicted octanol–water partition coefficient (Wildman–Crippen LogP) is 3.40. The lowest BCUT2D eigenvalue weighted by Crippen LogP contribution is -2.16. The van der Waals surface area contributed by atoms with E-state index < -0.39 is 0 Å². The highest BCUT2D eigenvalue weighted by Gasteiger charge is 2.23. The molecule has 3 heterocycles. The topological polar surface area (TPSA) is 26.5 Å². The number of pyridine rings is 1. The first-order chi connectivity index (χ1) is 9.42. The third-order valence-corrected chi connectivity index (χ3v) is 3.71. The van der Waals surface area contributed by atoms with Gasteiger partial charge in [-0.25, -0.2) is 4.98 Å². The normalized spacial score (nSPS) is 18.0. The first-order valence-electron chi connectivity index (χ1n) is 6.58. The van der Waals surface area contributed by atoms with Gasteiger partial charge in [-0.3, -0.25) is 0 Å². The molecule has 0 radical (unpaired) electrons. The zero-order valence-corrected chi connectivity index (χ0v) is 10.5. The van der Waals surface area contributed by atoms with E-state index in [1.807, 2.05) is 29.1 Å².